The maximum atomic E-state index is 5.84. The van der Waals surface area contributed by atoms with E-state index in [1.807, 2.05) is 39.5 Å². The minimum atomic E-state index is -0.486. The lowest BCUT2D eigenvalue weighted by molar-refractivity contribution is -0.277. The van der Waals surface area contributed by atoms with Gasteiger partial charge in [-0.15, -0.1) is 0 Å². The Morgan fingerprint density at radius 3 is 1.26 bits per heavy atom. The first kappa shape index (κ1) is 20.2. The summed E-state index contributed by atoms with van der Waals surface area (Å²) in [7, 11) is 0. The molecule has 2 fully saturated rings. The lowest BCUT2D eigenvalue weighted by Gasteiger charge is -2.44. The van der Waals surface area contributed by atoms with Gasteiger partial charge in [0.05, 0.1) is 26.4 Å². The van der Waals surface area contributed by atoms with Crippen molar-refractivity contribution in [3.05, 3.63) is 0 Å². The molecule has 2 aliphatic heterocycles. The van der Waals surface area contributed by atoms with E-state index >= 15 is 0 Å². The molecular weight excluding hydrogens is 352 g/mol. The maximum Gasteiger partial charge on any atom is 0.162 e. The van der Waals surface area contributed by atoms with Crippen LogP contribution in [0.4, 0.5) is 0 Å². The van der Waals surface area contributed by atoms with Crippen molar-refractivity contribution in [1.29, 1.82) is 0 Å². The highest BCUT2D eigenvalue weighted by atomic mass is 32.2. The standard InChI is InChI=1S/C16H30O4S3/c1-13(2)17-5-15(9-21,6-18-13)11-23-12-16(10-22)7-19-14(3,4)20-8-16/h21-22H,5-12H2,1-4H3. The summed E-state index contributed by atoms with van der Waals surface area (Å²) in [6.07, 6.45) is 0. The van der Waals surface area contributed by atoms with E-state index < -0.39 is 11.6 Å². The van der Waals surface area contributed by atoms with Crippen LogP contribution in [-0.2, 0) is 18.9 Å². The number of thioether (sulfide) groups is 1. The van der Waals surface area contributed by atoms with Crippen LogP contribution in [0.2, 0.25) is 0 Å². The van der Waals surface area contributed by atoms with Crippen molar-refractivity contribution in [3.8, 4) is 0 Å². The Hall–Kier alpha value is 0.890. The fourth-order valence-corrected chi connectivity index (χ4v) is 4.80. The third kappa shape index (κ3) is 5.43. The summed E-state index contributed by atoms with van der Waals surface area (Å²) >= 11 is 11.0. The van der Waals surface area contributed by atoms with Gasteiger partial charge in [0.25, 0.3) is 0 Å². The van der Waals surface area contributed by atoms with Crippen LogP contribution in [0.15, 0.2) is 0 Å². The predicted molar refractivity (Wildman–Crippen MR) is 102 cm³/mol. The zero-order chi connectivity index (χ0) is 17.2. The van der Waals surface area contributed by atoms with Crippen molar-refractivity contribution < 1.29 is 18.9 Å². The van der Waals surface area contributed by atoms with Gasteiger partial charge in [-0.1, -0.05) is 0 Å². The largest absolute Gasteiger partial charge is 0.350 e. The monoisotopic (exact) mass is 382 g/mol. The van der Waals surface area contributed by atoms with Gasteiger partial charge in [0.1, 0.15) is 0 Å². The van der Waals surface area contributed by atoms with Crippen LogP contribution in [0.5, 0.6) is 0 Å². The highest BCUT2D eigenvalue weighted by Gasteiger charge is 2.42. The van der Waals surface area contributed by atoms with E-state index in [-0.39, 0.29) is 10.8 Å². The number of thiol groups is 2. The second-order valence-corrected chi connectivity index (χ2v) is 9.38. The number of ether oxygens (including phenoxy) is 4. The molecule has 2 saturated heterocycles. The van der Waals surface area contributed by atoms with Gasteiger partial charge < -0.3 is 18.9 Å². The minimum absolute atomic E-state index is 0.0310. The van der Waals surface area contributed by atoms with Crippen molar-refractivity contribution in [1.82, 2.24) is 0 Å². The second kappa shape index (κ2) is 7.64. The third-order valence-corrected chi connectivity index (χ3v) is 7.37. The van der Waals surface area contributed by atoms with Crippen molar-refractivity contribution >= 4 is 37.0 Å². The molecule has 2 heterocycles. The Morgan fingerprint density at radius 1 is 0.696 bits per heavy atom. The highest BCUT2D eigenvalue weighted by molar-refractivity contribution is 7.99. The molecule has 0 atom stereocenters. The van der Waals surface area contributed by atoms with Crippen molar-refractivity contribution in [3.63, 3.8) is 0 Å². The van der Waals surface area contributed by atoms with Crippen molar-refractivity contribution in [2.24, 2.45) is 10.8 Å². The van der Waals surface area contributed by atoms with Gasteiger partial charge in [-0.2, -0.15) is 37.0 Å². The van der Waals surface area contributed by atoms with Crippen LogP contribution in [0.3, 0.4) is 0 Å². The first-order valence-electron chi connectivity index (χ1n) is 8.01. The van der Waals surface area contributed by atoms with Gasteiger partial charge in [-0.3, -0.25) is 0 Å². The molecule has 2 aliphatic rings. The van der Waals surface area contributed by atoms with Gasteiger partial charge in [0, 0.05) is 33.8 Å². The summed E-state index contributed by atoms with van der Waals surface area (Å²) in [5, 5.41) is 0. The fourth-order valence-electron chi connectivity index (χ4n) is 2.40. The Morgan fingerprint density at radius 2 is 1.00 bits per heavy atom. The molecule has 0 aromatic heterocycles. The van der Waals surface area contributed by atoms with E-state index in [9.17, 15) is 0 Å². The Labute approximate surface area is 155 Å². The van der Waals surface area contributed by atoms with Gasteiger partial charge in [-0.05, 0) is 27.7 Å². The molecule has 0 saturated carbocycles. The Bertz CT molecular complexity index is 345. The van der Waals surface area contributed by atoms with Gasteiger partial charge >= 0.3 is 0 Å². The maximum absolute atomic E-state index is 5.84. The molecule has 0 aromatic rings. The SMILES string of the molecule is CC1(C)OCC(CS)(CSCC2(CS)COC(C)(C)OC2)CO1. The van der Waals surface area contributed by atoms with E-state index in [2.05, 4.69) is 25.3 Å². The molecule has 136 valence electrons. The van der Waals surface area contributed by atoms with E-state index in [0.29, 0.717) is 26.4 Å². The average molecular weight is 383 g/mol. The molecule has 2 rings (SSSR count). The molecule has 0 spiro atoms. The van der Waals surface area contributed by atoms with Crippen LogP contribution in [0, 0.1) is 10.8 Å². The second-order valence-electron chi connectivity index (χ2n) is 7.76. The van der Waals surface area contributed by atoms with E-state index in [4.69, 9.17) is 18.9 Å². The summed E-state index contributed by atoms with van der Waals surface area (Å²) in [6, 6.07) is 0. The normalized spacial score (nSPS) is 28.4. The summed E-state index contributed by atoms with van der Waals surface area (Å²) in [6.45, 7) is 10.6. The molecule has 0 N–H and O–H groups in total. The lowest BCUT2D eigenvalue weighted by atomic mass is 9.93. The number of hydrogen-bond donors (Lipinski definition) is 2. The highest BCUT2D eigenvalue weighted by Crippen LogP contribution is 2.38. The molecule has 0 amide bonds. The zero-order valence-electron chi connectivity index (χ0n) is 14.6. The topological polar surface area (TPSA) is 36.9 Å². The molecule has 0 aromatic carbocycles. The summed E-state index contributed by atoms with van der Waals surface area (Å²) in [5.41, 5.74) is -0.0620. The minimum Gasteiger partial charge on any atom is -0.350 e. The molecule has 0 unspecified atom stereocenters. The number of hydrogen-bond acceptors (Lipinski definition) is 7. The van der Waals surface area contributed by atoms with Gasteiger partial charge in [0.2, 0.25) is 0 Å². The van der Waals surface area contributed by atoms with Crippen LogP contribution < -0.4 is 0 Å². The Kier molecular flexibility index (Phi) is 6.71. The molecule has 23 heavy (non-hydrogen) atoms. The molecule has 4 nitrogen and oxygen atoms in total. The summed E-state index contributed by atoms with van der Waals surface area (Å²) in [4.78, 5) is 0. The van der Waals surface area contributed by atoms with Crippen molar-refractivity contribution in [2.75, 3.05) is 49.4 Å². The van der Waals surface area contributed by atoms with E-state index in [0.717, 1.165) is 23.0 Å². The molecule has 7 heteroatoms. The van der Waals surface area contributed by atoms with Gasteiger partial charge in [0.15, 0.2) is 11.6 Å². The predicted octanol–water partition coefficient (Wildman–Crippen LogP) is 3.12. The van der Waals surface area contributed by atoms with Crippen LogP contribution in [-0.4, -0.2) is 61.0 Å². The first-order chi connectivity index (χ1) is 10.7. The molecule has 0 bridgehead atoms. The van der Waals surface area contributed by atoms with E-state index in [1.54, 1.807) is 0 Å². The van der Waals surface area contributed by atoms with E-state index in [1.165, 1.54) is 0 Å². The van der Waals surface area contributed by atoms with Gasteiger partial charge in [-0.25, -0.2) is 0 Å². The van der Waals surface area contributed by atoms with Crippen LogP contribution in [0.1, 0.15) is 27.7 Å². The van der Waals surface area contributed by atoms with Crippen LogP contribution in [0.25, 0.3) is 0 Å². The number of rotatable bonds is 6. The quantitative estimate of drug-likeness (QED) is 0.691. The third-order valence-electron chi connectivity index (χ3n) is 4.39. The smallest absolute Gasteiger partial charge is 0.162 e. The Balaban J connectivity index is 1.85. The first-order valence-corrected chi connectivity index (χ1v) is 10.4. The summed E-state index contributed by atoms with van der Waals surface area (Å²) in [5.74, 6) is 2.44. The van der Waals surface area contributed by atoms with Crippen molar-refractivity contribution in [2.45, 2.75) is 39.3 Å². The molecule has 0 aliphatic carbocycles. The zero-order valence-corrected chi connectivity index (χ0v) is 17.2. The average Bonchev–Trinajstić information content (AvgIpc) is 2.52. The van der Waals surface area contributed by atoms with Crippen LogP contribution >= 0.6 is 37.0 Å². The molecular formula is C16H30O4S3. The lowest BCUT2D eigenvalue weighted by Crippen LogP contribution is -2.50. The fraction of sp³-hybridized carbons (Fsp3) is 1.00. The molecule has 0 radical (unpaired) electrons. The summed E-state index contributed by atoms with van der Waals surface area (Å²) < 4.78 is 23.4.